The van der Waals surface area contributed by atoms with E-state index in [0.717, 1.165) is 18.7 Å². The van der Waals surface area contributed by atoms with Crippen LogP contribution in [0.5, 0.6) is 0 Å². The Morgan fingerprint density at radius 3 is 2.33 bits per heavy atom. The third-order valence-corrected chi connectivity index (χ3v) is 7.72. The number of benzene rings is 2. The summed E-state index contributed by atoms with van der Waals surface area (Å²) >= 11 is 0. The lowest BCUT2D eigenvalue weighted by molar-refractivity contribution is -0.661. The normalized spacial score (nSPS) is 13.6. The van der Waals surface area contributed by atoms with Crippen molar-refractivity contribution in [3.05, 3.63) is 66.0 Å². The number of halogens is 3. The number of quaternary nitrogens is 1. The largest absolute Gasteiger partial charge is 0.542 e. The first kappa shape index (κ1) is 32.4. The first-order valence-corrected chi connectivity index (χ1v) is 14.4. The van der Waals surface area contributed by atoms with Crippen molar-refractivity contribution in [2.45, 2.75) is 29.2 Å². The van der Waals surface area contributed by atoms with Gasteiger partial charge in [0.05, 0.1) is 42.3 Å². The number of hydrogen-bond acceptors (Lipinski definition) is 9. The quantitative estimate of drug-likeness (QED) is 0.196. The Balaban J connectivity index is 0.000000616. The Labute approximate surface area is 239 Å². The van der Waals surface area contributed by atoms with E-state index in [9.17, 15) is 31.5 Å². The molecule has 2 aromatic carbocycles. The topological polar surface area (TPSA) is 184 Å². The number of aromatic nitrogens is 2. The van der Waals surface area contributed by atoms with Crippen LogP contribution in [0.25, 0.3) is 0 Å². The van der Waals surface area contributed by atoms with E-state index < -0.39 is 22.0 Å². The molecular weight excluding hydrogens is 581 g/mol. The van der Waals surface area contributed by atoms with Crippen molar-refractivity contribution in [3.63, 3.8) is 0 Å². The summed E-state index contributed by atoms with van der Waals surface area (Å²) in [6.07, 6.45) is -1.87. The molecule has 3 aromatic rings. The van der Waals surface area contributed by atoms with Gasteiger partial charge in [-0.25, -0.2) is 13.4 Å². The first-order valence-electron chi connectivity index (χ1n) is 12.9. The predicted molar refractivity (Wildman–Crippen MR) is 143 cm³/mol. The van der Waals surface area contributed by atoms with E-state index in [0.29, 0.717) is 44.0 Å². The molecule has 2 heterocycles. The molecule has 1 saturated heterocycles. The van der Waals surface area contributed by atoms with E-state index >= 15 is 0 Å². The predicted octanol–water partition coefficient (Wildman–Crippen LogP) is -0.0333. The Hall–Kier alpha value is -4.15. The molecule has 42 heavy (non-hydrogen) atoms. The maximum absolute atomic E-state index is 13.5. The summed E-state index contributed by atoms with van der Waals surface area (Å²) in [7, 11) is -4.03. The summed E-state index contributed by atoms with van der Waals surface area (Å²) in [4.78, 5) is 30.6. The molecule has 0 atom stereocenters. The molecule has 1 aliphatic rings. The lowest BCUT2D eigenvalue weighted by atomic mass is 10.1. The van der Waals surface area contributed by atoms with Crippen molar-refractivity contribution >= 4 is 33.1 Å². The van der Waals surface area contributed by atoms with Crippen LogP contribution in [0, 0.1) is 0 Å². The van der Waals surface area contributed by atoms with Gasteiger partial charge in [-0.3, -0.25) is 4.79 Å². The molecule has 1 aliphatic heterocycles. The Kier molecular flexibility index (Phi) is 11.3. The molecule has 1 amide bonds. The van der Waals surface area contributed by atoms with Crippen LogP contribution in [-0.2, 0) is 21.2 Å². The van der Waals surface area contributed by atoms with Gasteiger partial charge in [0.2, 0.25) is 15.0 Å². The maximum atomic E-state index is 13.5. The Morgan fingerprint density at radius 2 is 1.76 bits per heavy atom. The molecule has 0 radical (unpaired) electrons. The fourth-order valence-corrected chi connectivity index (χ4v) is 5.31. The second-order valence-electron chi connectivity index (χ2n) is 9.08. The van der Waals surface area contributed by atoms with Gasteiger partial charge in [-0.2, -0.15) is 13.2 Å². The highest BCUT2D eigenvalue weighted by Gasteiger charge is 2.30. The number of H-pyrrole nitrogens is 1. The average Bonchev–Trinajstić information content (AvgIpc) is 3.53. The van der Waals surface area contributed by atoms with Crippen LogP contribution in [0.1, 0.15) is 22.3 Å². The molecule has 0 bridgehead atoms. The molecule has 12 nitrogen and oxygen atoms in total. The summed E-state index contributed by atoms with van der Waals surface area (Å²) in [6, 6.07) is 12.7. The lowest BCUT2D eigenvalue weighted by Gasteiger charge is -2.27. The fraction of sp³-hybridized carbons (Fsp3) is 0.346. The molecule has 1 fully saturated rings. The van der Waals surface area contributed by atoms with Crippen LogP contribution < -0.4 is 21.1 Å². The number of aliphatic hydroxyl groups excluding tert-OH is 1. The number of sulfone groups is 1. The molecule has 0 unspecified atom stereocenters. The zero-order valence-corrected chi connectivity index (χ0v) is 23.2. The smallest absolute Gasteiger partial charge is 0.430 e. The van der Waals surface area contributed by atoms with E-state index in [1.165, 1.54) is 18.5 Å². The number of aromatic amines is 1. The number of carbonyl (C=O) groups excluding carboxylic acids is 2. The number of carbonyl (C=O) groups is 2. The van der Waals surface area contributed by atoms with Gasteiger partial charge >= 0.3 is 6.18 Å². The number of nitrogens with one attached hydrogen (secondary N) is 3. The number of imidazole rings is 1. The number of anilines is 2. The number of aliphatic carboxylic acids is 1. The van der Waals surface area contributed by atoms with Crippen LogP contribution in [0.4, 0.5) is 24.5 Å². The zero-order chi connectivity index (χ0) is 30.8. The van der Waals surface area contributed by atoms with E-state index in [1.54, 1.807) is 11.0 Å². The van der Waals surface area contributed by atoms with Crippen LogP contribution in [0.15, 0.2) is 64.9 Å². The summed E-state index contributed by atoms with van der Waals surface area (Å²) in [5.74, 6) is -3.23. The molecule has 0 aliphatic carbocycles. The molecule has 4 rings (SSSR count). The van der Waals surface area contributed by atoms with E-state index in [4.69, 9.17) is 9.90 Å². The highest BCUT2D eigenvalue weighted by Crippen LogP contribution is 2.33. The summed E-state index contributed by atoms with van der Waals surface area (Å²) in [5, 5.41) is 26.4. The maximum Gasteiger partial charge on any atom is 0.430 e. The van der Waals surface area contributed by atoms with Crippen LogP contribution in [-0.4, -0.2) is 85.8 Å². The minimum Gasteiger partial charge on any atom is -0.542 e. The number of piperazine rings is 1. The van der Waals surface area contributed by atoms with Crippen molar-refractivity contribution < 1.29 is 46.7 Å². The van der Waals surface area contributed by atoms with Crippen molar-refractivity contribution in [3.8, 4) is 0 Å². The average molecular weight is 613 g/mol. The number of carboxylic acid groups (broad SMARTS) is 1. The highest BCUT2D eigenvalue weighted by molar-refractivity contribution is 7.91. The standard InChI is InChI=1S/C24H30N6O4S.C2HF3O2/c31-14-4-7-26-20-16-21(29-17-18-5-2-1-3-6-18)22(35(33,34)24-27-8-9-28-24)15-19(20)23(32)30-12-10-25-11-13-30;3-2(4,5)1(6)7/h1-3,5-6,8-9,15-16,25-26,29,31H,4,7,10-14,17H2,(H,27,28);(H,6,7). The number of rotatable bonds is 10. The Bertz CT molecular complexity index is 1430. The van der Waals surface area contributed by atoms with Gasteiger partial charge in [-0.15, -0.1) is 0 Å². The minimum atomic E-state index is -5.19. The van der Waals surface area contributed by atoms with E-state index in [2.05, 4.69) is 25.9 Å². The molecule has 228 valence electrons. The van der Waals surface area contributed by atoms with E-state index in [1.807, 2.05) is 30.3 Å². The highest BCUT2D eigenvalue weighted by atomic mass is 32.2. The number of aliphatic hydroxyl groups is 1. The molecule has 16 heteroatoms. The van der Waals surface area contributed by atoms with Crippen LogP contribution in [0.2, 0.25) is 0 Å². The van der Waals surface area contributed by atoms with Crippen molar-refractivity contribution in [2.24, 2.45) is 0 Å². The van der Waals surface area contributed by atoms with Crippen LogP contribution >= 0.6 is 0 Å². The van der Waals surface area contributed by atoms with Crippen molar-refractivity contribution in [1.82, 2.24) is 14.9 Å². The van der Waals surface area contributed by atoms with Gasteiger partial charge in [0.15, 0.2) is 0 Å². The SMILES string of the molecule is O=C([O-])C(F)(F)F.O=C(c1cc(S(=O)(=O)c2ncc[nH]2)c(NCc2ccccc2)cc1NCCCO)N1CC[NH2+]CC1. The first-order chi connectivity index (χ1) is 19.9. The summed E-state index contributed by atoms with van der Waals surface area (Å²) in [6.45, 7) is 3.61. The molecule has 0 saturated carbocycles. The monoisotopic (exact) mass is 612 g/mol. The fourth-order valence-electron chi connectivity index (χ4n) is 3.98. The molecule has 1 aromatic heterocycles. The molecule has 0 spiro atoms. The number of hydrogen-bond donors (Lipinski definition) is 5. The number of nitrogens with zero attached hydrogens (tertiary/aromatic N) is 2. The van der Waals surface area contributed by atoms with Gasteiger partial charge in [-0.05, 0) is 24.1 Å². The summed E-state index contributed by atoms with van der Waals surface area (Å²) < 4.78 is 58.6. The molecule has 6 N–H and O–H groups in total. The third kappa shape index (κ3) is 8.67. The van der Waals surface area contributed by atoms with Crippen LogP contribution in [0.3, 0.4) is 0 Å². The summed E-state index contributed by atoms with van der Waals surface area (Å²) in [5.41, 5.74) is 2.14. The molecular formula is C26H31F3N6O6S. The number of carboxylic acids is 1. The number of nitrogens with two attached hydrogens (primary N) is 1. The zero-order valence-electron chi connectivity index (χ0n) is 22.4. The third-order valence-electron chi connectivity index (χ3n) is 6.07. The second-order valence-corrected chi connectivity index (χ2v) is 10.9. The number of alkyl halides is 3. The Morgan fingerprint density at radius 1 is 1.10 bits per heavy atom. The van der Waals surface area contributed by atoms with Gasteiger partial charge in [-0.1, -0.05) is 30.3 Å². The van der Waals surface area contributed by atoms with Gasteiger partial charge in [0, 0.05) is 37.8 Å². The van der Waals surface area contributed by atoms with Crippen molar-refractivity contribution in [1.29, 1.82) is 0 Å². The van der Waals surface area contributed by atoms with Gasteiger partial charge < -0.3 is 40.8 Å². The van der Waals surface area contributed by atoms with E-state index in [-0.39, 0.29) is 28.1 Å². The lowest BCUT2D eigenvalue weighted by Crippen LogP contribution is -2.89. The second kappa shape index (κ2) is 14.7. The van der Waals surface area contributed by atoms with Crippen molar-refractivity contribution in [2.75, 3.05) is 50.0 Å². The van der Waals surface area contributed by atoms with Gasteiger partial charge in [0.25, 0.3) is 5.91 Å². The van der Waals surface area contributed by atoms with Gasteiger partial charge in [0.1, 0.15) is 5.97 Å². The minimum absolute atomic E-state index is 0.00229. The number of amides is 1.